The van der Waals surface area contributed by atoms with E-state index in [4.69, 9.17) is 23.2 Å². The Morgan fingerprint density at radius 2 is 1.87 bits per heavy atom. The van der Waals surface area contributed by atoms with E-state index in [1.165, 1.54) is 0 Å². The second kappa shape index (κ2) is 5.37. The number of halogens is 2. The summed E-state index contributed by atoms with van der Waals surface area (Å²) in [6, 6.07) is 15.2. The van der Waals surface area contributed by atoms with Crippen LogP contribution in [0.5, 0.6) is 0 Å². The van der Waals surface area contributed by atoms with E-state index in [0.717, 1.165) is 27.5 Å². The lowest BCUT2D eigenvalue weighted by Gasteiger charge is -2.09. The molecule has 4 aromatic rings. The van der Waals surface area contributed by atoms with E-state index < -0.39 is 5.24 Å². The molecule has 0 unspecified atom stereocenters. The maximum atomic E-state index is 11.8. The van der Waals surface area contributed by atoms with Crippen molar-refractivity contribution in [3.05, 3.63) is 71.5 Å². The first-order valence-corrected chi connectivity index (χ1v) is 7.75. The number of nitrogens with zero attached hydrogens (tertiary/aromatic N) is 2. The van der Waals surface area contributed by atoms with Crippen LogP contribution in [-0.4, -0.2) is 14.8 Å². The molecule has 0 aliphatic heterocycles. The molecule has 0 aliphatic rings. The second-order valence-electron chi connectivity index (χ2n) is 5.20. The van der Waals surface area contributed by atoms with E-state index in [0.29, 0.717) is 10.6 Å². The lowest BCUT2D eigenvalue weighted by molar-refractivity contribution is 0.108. The van der Waals surface area contributed by atoms with E-state index in [9.17, 15) is 4.79 Å². The van der Waals surface area contributed by atoms with Gasteiger partial charge in [0.25, 0.3) is 5.24 Å². The van der Waals surface area contributed by atoms with Crippen molar-refractivity contribution in [2.45, 2.75) is 0 Å². The number of hydrogen-bond acceptors (Lipinski definition) is 2. The van der Waals surface area contributed by atoms with Gasteiger partial charge >= 0.3 is 0 Å². The zero-order chi connectivity index (χ0) is 16.0. The van der Waals surface area contributed by atoms with Crippen LogP contribution in [0, 0.1) is 0 Å². The minimum absolute atomic E-state index is 0.435. The summed E-state index contributed by atoms with van der Waals surface area (Å²) in [5.41, 5.74) is 3.13. The lowest BCUT2D eigenvalue weighted by Crippen LogP contribution is -1.94. The first-order valence-electron chi connectivity index (χ1n) is 7.00. The summed E-state index contributed by atoms with van der Waals surface area (Å²) in [6.07, 6.45) is 3.50. The third-order valence-electron chi connectivity index (χ3n) is 3.86. The van der Waals surface area contributed by atoms with Crippen molar-refractivity contribution in [3.8, 4) is 5.69 Å². The van der Waals surface area contributed by atoms with Gasteiger partial charge in [-0.25, -0.2) is 0 Å². The summed E-state index contributed by atoms with van der Waals surface area (Å²) in [5, 5.41) is 1.79. The molecule has 2 aromatic carbocycles. The Balaban J connectivity index is 2.11. The zero-order valence-electron chi connectivity index (χ0n) is 11.8. The molecule has 2 aromatic heterocycles. The summed E-state index contributed by atoms with van der Waals surface area (Å²) in [5.74, 6) is 0. The second-order valence-corrected chi connectivity index (χ2v) is 5.97. The van der Waals surface area contributed by atoms with E-state index in [-0.39, 0.29) is 0 Å². The number of pyridine rings is 1. The quantitative estimate of drug-likeness (QED) is 0.469. The first kappa shape index (κ1) is 14.2. The van der Waals surface area contributed by atoms with Crippen LogP contribution in [0.3, 0.4) is 0 Å². The van der Waals surface area contributed by atoms with Gasteiger partial charge in [-0.3, -0.25) is 9.78 Å². The Morgan fingerprint density at radius 3 is 2.70 bits per heavy atom. The monoisotopic (exact) mass is 340 g/mol. The van der Waals surface area contributed by atoms with Crippen molar-refractivity contribution in [2.24, 2.45) is 0 Å². The molecule has 0 saturated carbocycles. The fourth-order valence-corrected chi connectivity index (χ4v) is 3.17. The molecule has 2 heterocycles. The molecule has 0 radical (unpaired) electrons. The van der Waals surface area contributed by atoms with Gasteiger partial charge in [0.1, 0.15) is 0 Å². The van der Waals surface area contributed by atoms with Crippen LogP contribution in [0.15, 0.2) is 60.9 Å². The zero-order valence-corrected chi connectivity index (χ0v) is 13.3. The number of carbonyl (C=O) groups excluding carboxylic acids is 1. The van der Waals surface area contributed by atoms with E-state index in [2.05, 4.69) is 4.98 Å². The van der Waals surface area contributed by atoms with Gasteiger partial charge in [-0.1, -0.05) is 29.8 Å². The third kappa shape index (κ3) is 2.29. The molecule has 3 nitrogen and oxygen atoms in total. The summed E-state index contributed by atoms with van der Waals surface area (Å²) < 4.78 is 1.95. The highest BCUT2D eigenvalue weighted by molar-refractivity contribution is 6.68. The number of rotatable bonds is 2. The Labute approximate surface area is 142 Å². The smallest absolute Gasteiger partial charge is 0.254 e. The van der Waals surface area contributed by atoms with Crippen molar-refractivity contribution in [3.63, 3.8) is 0 Å². The predicted octanol–water partition coefficient (Wildman–Crippen LogP) is 5.21. The van der Waals surface area contributed by atoms with Gasteiger partial charge in [0, 0.05) is 28.2 Å². The Hall–Kier alpha value is -2.36. The summed E-state index contributed by atoms with van der Waals surface area (Å²) in [7, 11) is 0. The van der Waals surface area contributed by atoms with Crippen LogP contribution >= 0.6 is 23.2 Å². The van der Waals surface area contributed by atoms with Gasteiger partial charge < -0.3 is 4.57 Å². The molecular weight excluding hydrogens is 331 g/mol. The van der Waals surface area contributed by atoms with Gasteiger partial charge in [0.2, 0.25) is 0 Å². The molecule has 0 saturated heterocycles. The van der Waals surface area contributed by atoms with Crippen LogP contribution in [-0.2, 0) is 0 Å². The van der Waals surface area contributed by atoms with Crippen molar-refractivity contribution < 1.29 is 4.79 Å². The van der Waals surface area contributed by atoms with E-state index >= 15 is 0 Å². The molecule has 0 bridgehead atoms. The Kier molecular flexibility index (Phi) is 3.33. The van der Waals surface area contributed by atoms with Crippen LogP contribution in [0.1, 0.15) is 10.4 Å². The molecule has 5 heteroatoms. The molecule has 0 spiro atoms. The minimum atomic E-state index is -0.505. The third-order valence-corrected chi connectivity index (χ3v) is 4.30. The van der Waals surface area contributed by atoms with Gasteiger partial charge in [-0.15, -0.1) is 0 Å². The molecule has 0 aliphatic carbocycles. The number of benzene rings is 2. The number of carbonyl (C=O) groups is 1. The maximum absolute atomic E-state index is 11.8. The van der Waals surface area contributed by atoms with Gasteiger partial charge in [-0.2, -0.15) is 0 Å². The molecule has 0 fully saturated rings. The molecule has 0 N–H and O–H groups in total. The molecule has 4 rings (SSSR count). The maximum Gasteiger partial charge on any atom is 0.254 e. The highest BCUT2D eigenvalue weighted by Crippen LogP contribution is 2.31. The summed E-state index contributed by atoms with van der Waals surface area (Å²) in [6.45, 7) is 0. The van der Waals surface area contributed by atoms with Crippen LogP contribution in [0.2, 0.25) is 5.02 Å². The molecule has 112 valence electrons. The minimum Gasteiger partial charge on any atom is -0.315 e. The average molecular weight is 341 g/mol. The SMILES string of the molecule is O=C(Cl)c1cn(-c2ccnc3ccccc23)c2ccc(Cl)cc12. The normalized spacial score (nSPS) is 11.2. The average Bonchev–Trinajstić information content (AvgIpc) is 2.93. The standard InChI is InChI=1S/C18H10Cl2N2O/c19-11-5-6-16-13(9-11)14(18(20)23)10-22(16)17-7-8-21-15-4-2-1-3-12(15)17/h1-10H. The molecule has 0 amide bonds. The molecule has 0 atom stereocenters. The predicted molar refractivity (Wildman–Crippen MR) is 93.8 cm³/mol. The fraction of sp³-hybridized carbons (Fsp3) is 0. The van der Waals surface area contributed by atoms with Crippen LogP contribution in [0.4, 0.5) is 0 Å². The van der Waals surface area contributed by atoms with E-state index in [1.807, 2.05) is 41.0 Å². The number of para-hydroxylation sites is 1. The van der Waals surface area contributed by atoms with Gasteiger partial charge in [0.05, 0.1) is 22.3 Å². The van der Waals surface area contributed by atoms with Crippen LogP contribution < -0.4 is 0 Å². The highest BCUT2D eigenvalue weighted by Gasteiger charge is 2.16. The first-order chi connectivity index (χ1) is 11.1. The van der Waals surface area contributed by atoms with E-state index in [1.54, 1.807) is 24.5 Å². The largest absolute Gasteiger partial charge is 0.315 e. The Morgan fingerprint density at radius 1 is 1.04 bits per heavy atom. The van der Waals surface area contributed by atoms with Crippen molar-refractivity contribution in [1.82, 2.24) is 9.55 Å². The van der Waals surface area contributed by atoms with Gasteiger partial charge in [-0.05, 0) is 41.9 Å². The number of hydrogen-bond donors (Lipinski definition) is 0. The Bertz CT molecular complexity index is 1060. The van der Waals surface area contributed by atoms with Crippen molar-refractivity contribution >= 4 is 50.3 Å². The van der Waals surface area contributed by atoms with Gasteiger partial charge in [0.15, 0.2) is 0 Å². The fourth-order valence-electron chi connectivity index (χ4n) is 2.85. The lowest BCUT2D eigenvalue weighted by atomic mass is 10.2. The number of aromatic nitrogens is 2. The molecule has 23 heavy (non-hydrogen) atoms. The van der Waals surface area contributed by atoms with Crippen LogP contribution in [0.25, 0.3) is 27.5 Å². The summed E-state index contributed by atoms with van der Waals surface area (Å²) >= 11 is 11.8. The van der Waals surface area contributed by atoms with Crippen molar-refractivity contribution in [2.75, 3.05) is 0 Å². The number of fused-ring (bicyclic) bond motifs is 2. The topological polar surface area (TPSA) is 34.9 Å². The van der Waals surface area contributed by atoms with Crippen molar-refractivity contribution in [1.29, 1.82) is 0 Å². The molecular formula is C18H10Cl2N2O. The summed E-state index contributed by atoms with van der Waals surface area (Å²) in [4.78, 5) is 16.2. The highest BCUT2D eigenvalue weighted by atomic mass is 35.5.